The standard InChI is InChI=1S/C18H12FNOS2/c19-14-9-5-10-15(12-14)20-17(21)16(23-18(20)22)11-4-8-13-6-2-1-3-7-13/h1-12H/b8-4+,16-11+. The molecule has 5 heteroatoms. The van der Waals surface area contributed by atoms with Crippen LogP contribution in [0, 0.1) is 5.82 Å². The van der Waals surface area contributed by atoms with Crippen LogP contribution < -0.4 is 4.90 Å². The van der Waals surface area contributed by atoms with Crippen LogP contribution in [0.25, 0.3) is 6.08 Å². The van der Waals surface area contributed by atoms with Gasteiger partial charge in [0.2, 0.25) is 0 Å². The molecule has 1 amide bonds. The third-order valence-electron chi connectivity index (χ3n) is 3.20. The number of hydrogen-bond donors (Lipinski definition) is 0. The molecule has 0 aromatic heterocycles. The summed E-state index contributed by atoms with van der Waals surface area (Å²) in [5.74, 6) is -0.632. The molecule has 2 aromatic rings. The molecule has 0 saturated carbocycles. The highest BCUT2D eigenvalue weighted by molar-refractivity contribution is 8.27. The molecule has 0 spiro atoms. The van der Waals surface area contributed by atoms with Crippen molar-refractivity contribution in [1.29, 1.82) is 0 Å². The highest BCUT2D eigenvalue weighted by Gasteiger charge is 2.32. The molecule has 1 fully saturated rings. The molecule has 1 aliphatic rings. The van der Waals surface area contributed by atoms with Crippen molar-refractivity contribution in [3.63, 3.8) is 0 Å². The summed E-state index contributed by atoms with van der Waals surface area (Å²) in [6.45, 7) is 0. The van der Waals surface area contributed by atoms with Crippen LogP contribution >= 0.6 is 24.0 Å². The monoisotopic (exact) mass is 341 g/mol. The van der Waals surface area contributed by atoms with Crippen LogP contribution in [0.2, 0.25) is 0 Å². The summed E-state index contributed by atoms with van der Waals surface area (Å²) < 4.78 is 13.8. The van der Waals surface area contributed by atoms with E-state index >= 15 is 0 Å². The van der Waals surface area contributed by atoms with E-state index in [0.717, 1.165) is 5.56 Å². The van der Waals surface area contributed by atoms with Crippen LogP contribution in [0.5, 0.6) is 0 Å². The van der Waals surface area contributed by atoms with Crippen molar-refractivity contribution in [2.75, 3.05) is 4.90 Å². The number of nitrogens with zero attached hydrogens (tertiary/aromatic N) is 1. The van der Waals surface area contributed by atoms with E-state index in [4.69, 9.17) is 12.2 Å². The maximum absolute atomic E-state index is 13.3. The first-order chi connectivity index (χ1) is 11.1. The summed E-state index contributed by atoms with van der Waals surface area (Å²) in [6, 6.07) is 15.6. The normalized spacial score (nSPS) is 16.7. The second-order valence-corrected chi connectivity index (χ2v) is 6.46. The lowest BCUT2D eigenvalue weighted by Crippen LogP contribution is -2.27. The molecule has 1 aliphatic heterocycles. The van der Waals surface area contributed by atoms with Crippen LogP contribution in [-0.4, -0.2) is 10.2 Å². The molecule has 0 aliphatic carbocycles. The lowest BCUT2D eigenvalue weighted by molar-refractivity contribution is -0.113. The number of hydrogen-bond acceptors (Lipinski definition) is 3. The average molecular weight is 341 g/mol. The van der Waals surface area contributed by atoms with E-state index in [-0.39, 0.29) is 5.91 Å². The number of halogens is 1. The van der Waals surface area contributed by atoms with Gasteiger partial charge in [0.25, 0.3) is 5.91 Å². The SMILES string of the molecule is O=C1/C(=C\C=C\c2ccccc2)SC(=S)N1c1cccc(F)c1. The van der Waals surface area contributed by atoms with Gasteiger partial charge in [0.1, 0.15) is 5.82 Å². The molecule has 2 aromatic carbocycles. The molecule has 0 bridgehead atoms. The van der Waals surface area contributed by atoms with Crippen molar-refractivity contribution >= 4 is 46.0 Å². The predicted molar refractivity (Wildman–Crippen MR) is 97.6 cm³/mol. The maximum Gasteiger partial charge on any atom is 0.270 e. The Kier molecular flexibility index (Phi) is 4.69. The smallest absolute Gasteiger partial charge is 0.268 e. The van der Waals surface area contributed by atoms with Crippen molar-refractivity contribution in [3.8, 4) is 0 Å². The third-order valence-corrected chi connectivity index (χ3v) is 4.52. The van der Waals surface area contributed by atoms with Gasteiger partial charge < -0.3 is 0 Å². The first kappa shape index (κ1) is 15.6. The third kappa shape index (κ3) is 3.57. The van der Waals surface area contributed by atoms with E-state index in [9.17, 15) is 9.18 Å². The Hall–Kier alpha value is -2.24. The minimum atomic E-state index is -0.399. The Morgan fingerprint density at radius 1 is 1.09 bits per heavy atom. The lowest BCUT2D eigenvalue weighted by atomic mass is 10.2. The van der Waals surface area contributed by atoms with Gasteiger partial charge in [0.15, 0.2) is 4.32 Å². The zero-order valence-corrected chi connectivity index (χ0v) is 13.6. The number of thioether (sulfide) groups is 1. The van der Waals surface area contributed by atoms with Gasteiger partial charge in [-0.25, -0.2) is 4.39 Å². The largest absolute Gasteiger partial charge is 0.270 e. The maximum atomic E-state index is 13.3. The Labute approximate surface area is 143 Å². The van der Waals surface area contributed by atoms with Gasteiger partial charge >= 0.3 is 0 Å². The second-order valence-electron chi connectivity index (χ2n) is 4.79. The van der Waals surface area contributed by atoms with E-state index in [2.05, 4.69) is 0 Å². The summed E-state index contributed by atoms with van der Waals surface area (Å²) in [6.07, 6.45) is 5.45. The van der Waals surface area contributed by atoms with Crippen LogP contribution in [0.3, 0.4) is 0 Å². The minimum absolute atomic E-state index is 0.233. The number of rotatable bonds is 3. The molecule has 3 rings (SSSR count). The minimum Gasteiger partial charge on any atom is -0.268 e. The fourth-order valence-electron chi connectivity index (χ4n) is 2.13. The van der Waals surface area contributed by atoms with Gasteiger partial charge in [-0.2, -0.15) is 0 Å². The number of carbonyl (C=O) groups is 1. The van der Waals surface area contributed by atoms with Crippen LogP contribution in [0.15, 0.2) is 71.7 Å². The number of thiocarbonyl (C=S) groups is 1. The van der Waals surface area contributed by atoms with Gasteiger partial charge in [0.05, 0.1) is 10.6 Å². The predicted octanol–water partition coefficient (Wildman–Crippen LogP) is 4.79. The van der Waals surface area contributed by atoms with Crippen LogP contribution in [0.4, 0.5) is 10.1 Å². The van der Waals surface area contributed by atoms with E-state index < -0.39 is 5.82 Å². The van der Waals surface area contributed by atoms with E-state index in [1.807, 2.05) is 42.5 Å². The molecule has 0 atom stereocenters. The number of allylic oxidation sites excluding steroid dienone is 2. The molecule has 114 valence electrons. The molecule has 0 unspecified atom stereocenters. The highest BCUT2D eigenvalue weighted by atomic mass is 32.2. The Morgan fingerprint density at radius 2 is 1.87 bits per heavy atom. The zero-order chi connectivity index (χ0) is 16.2. The highest BCUT2D eigenvalue weighted by Crippen LogP contribution is 2.35. The first-order valence-corrected chi connectivity index (χ1v) is 8.13. The molecule has 23 heavy (non-hydrogen) atoms. The van der Waals surface area contributed by atoms with Crippen molar-refractivity contribution < 1.29 is 9.18 Å². The van der Waals surface area contributed by atoms with E-state index in [1.165, 1.54) is 28.8 Å². The van der Waals surface area contributed by atoms with Gasteiger partial charge in [-0.05, 0) is 29.8 Å². The topological polar surface area (TPSA) is 20.3 Å². The van der Waals surface area contributed by atoms with E-state index in [1.54, 1.807) is 18.2 Å². The average Bonchev–Trinajstić information content (AvgIpc) is 2.82. The summed E-state index contributed by atoms with van der Waals surface area (Å²) in [5, 5.41) is 0. The molecule has 2 nitrogen and oxygen atoms in total. The van der Waals surface area contributed by atoms with Gasteiger partial charge in [-0.1, -0.05) is 72.5 Å². The van der Waals surface area contributed by atoms with E-state index in [0.29, 0.717) is 14.9 Å². The second kappa shape index (κ2) is 6.89. The number of benzene rings is 2. The Morgan fingerprint density at radius 3 is 2.61 bits per heavy atom. The number of carbonyl (C=O) groups excluding carboxylic acids is 1. The summed E-state index contributed by atoms with van der Waals surface area (Å²) in [4.78, 5) is 14.3. The van der Waals surface area contributed by atoms with Crippen LogP contribution in [0.1, 0.15) is 5.56 Å². The zero-order valence-electron chi connectivity index (χ0n) is 12.0. The van der Waals surface area contributed by atoms with Crippen molar-refractivity contribution in [2.45, 2.75) is 0 Å². The first-order valence-electron chi connectivity index (χ1n) is 6.90. The van der Waals surface area contributed by atoms with Crippen molar-refractivity contribution in [2.24, 2.45) is 0 Å². The Balaban J connectivity index is 1.81. The van der Waals surface area contributed by atoms with Crippen molar-refractivity contribution in [1.82, 2.24) is 0 Å². The molecular formula is C18H12FNOS2. The van der Waals surface area contributed by atoms with Crippen molar-refractivity contribution in [3.05, 3.63) is 83.0 Å². The number of anilines is 1. The number of amides is 1. The molecule has 0 N–H and O–H groups in total. The molecule has 0 radical (unpaired) electrons. The van der Waals surface area contributed by atoms with Crippen LogP contribution in [-0.2, 0) is 4.79 Å². The lowest BCUT2D eigenvalue weighted by Gasteiger charge is -2.14. The van der Waals surface area contributed by atoms with Gasteiger partial charge in [-0.3, -0.25) is 9.69 Å². The summed E-state index contributed by atoms with van der Waals surface area (Å²) in [5.41, 5.74) is 1.49. The quantitative estimate of drug-likeness (QED) is 0.591. The van der Waals surface area contributed by atoms with Gasteiger partial charge in [0, 0.05) is 0 Å². The molecule has 1 heterocycles. The molecule has 1 saturated heterocycles. The summed E-state index contributed by atoms with van der Waals surface area (Å²) in [7, 11) is 0. The fourth-order valence-corrected chi connectivity index (χ4v) is 3.38. The Bertz CT molecular complexity index is 815. The van der Waals surface area contributed by atoms with Gasteiger partial charge in [-0.15, -0.1) is 0 Å². The molecular weight excluding hydrogens is 329 g/mol. The fraction of sp³-hybridized carbons (Fsp3) is 0. The summed E-state index contributed by atoms with van der Waals surface area (Å²) >= 11 is 6.46.